The molecule has 92 valence electrons. The molecular weight excluding hydrogens is 242 g/mol. The minimum absolute atomic E-state index is 0. The van der Waals surface area contributed by atoms with E-state index in [0.29, 0.717) is 12.1 Å². The van der Waals surface area contributed by atoms with Gasteiger partial charge in [-0.2, -0.15) is 0 Å². The van der Waals surface area contributed by atoms with Gasteiger partial charge >= 0.3 is 0 Å². The van der Waals surface area contributed by atoms with E-state index in [1.807, 2.05) is 11.6 Å². The fourth-order valence-corrected chi connectivity index (χ4v) is 2.62. The van der Waals surface area contributed by atoms with Crippen LogP contribution in [0, 0.1) is 0 Å². The van der Waals surface area contributed by atoms with Gasteiger partial charge in [-0.25, -0.2) is 4.98 Å². The highest BCUT2D eigenvalue weighted by Crippen LogP contribution is 2.15. The molecule has 0 saturated carbocycles. The summed E-state index contributed by atoms with van der Waals surface area (Å²) < 4.78 is 0. The van der Waals surface area contributed by atoms with E-state index in [4.69, 9.17) is 0 Å². The maximum Gasteiger partial charge on any atom is 0.109 e. The van der Waals surface area contributed by atoms with Crippen LogP contribution in [-0.4, -0.2) is 24.1 Å². The lowest BCUT2D eigenvalue weighted by molar-refractivity contribution is 0.371. The van der Waals surface area contributed by atoms with E-state index in [-0.39, 0.29) is 12.4 Å². The highest BCUT2D eigenvalue weighted by Gasteiger charge is 2.14. The molecule has 0 aromatic carbocycles. The third-order valence-electron chi connectivity index (χ3n) is 2.90. The average Bonchev–Trinajstić information content (AvgIpc) is 2.81. The average molecular weight is 262 g/mol. The molecule has 0 aliphatic carbocycles. The second-order valence-electron chi connectivity index (χ2n) is 4.15. The summed E-state index contributed by atoms with van der Waals surface area (Å²) in [6.07, 6.45) is 5.87. The number of nitrogens with one attached hydrogen (secondary N) is 2. The summed E-state index contributed by atoms with van der Waals surface area (Å²) in [6, 6.07) is 1.04. The fourth-order valence-electron chi connectivity index (χ4n) is 1.95. The highest BCUT2D eigenvalue weighted by molar-refractivity contribution is 7.09. The molecule has 2 N–H and O–H groups in total. The number of thiazole rings is 1. The first-order valence-electron chi connectivity index (χ1n) is 5.72. The molecule has 1 aliphatic heterocycles. The summed E-state index contributed by atoms with van der Waals surface area (Å²) in [4.78, 5) is 4.32. The minimum Gasteiger partial charge on any atom is -0.313 e. The lowest BCUT2D eigenvalue weighted by Crippen LogP contribution is -2.42. The zero-order valence-corrected chi connectivity index (χ0v) is 11.2. The first kappa shape index (κ1) is 13.9. The highest BCUT2D eigenvalue weighted by atomic mass is 35.5. The topological polar surface area (TPSA) is 37.0 Å². The number of halogens is 1. The van der Waals surface area contributed by atoms with Crippen LogP contribution in [0.25, 0.3) is 0 Å². The summed E-state index contributed by atoms with van der Waals surface area (Å²) >= 11 is 1.72. The Hall–Kier alpha value is -0.160. The van der Waals surface area contributed by atoms with Gasteiger partial charge < -0.3 is 10.6 Å². The maximum absolute atomic E-state index is 4.32. The molecule has 16 heavy (non-hydrogen) atoms. The van der Waals surface area contributed by atoms with Crippen LogP contribution in [0.3, 0.4) is 0 Å². The van der Waals surface area contributed by atoms with E-state index in [2.05, 4.69) is 22.5 Å². The summed E-state index contributed by atoms with van der Waals surface area (Å²) in [5, 5.41) is 10.3. The largest absolute Gasteiger partial charge is 0.313 e. The molecule has 0 amide bonds. The van der Waals surface area contributed by atoms with Gasteiger partial charge in [-0.3, -0.25) is 0 Å². The van der Waals surface area contributed by atoms with Gasteiger partial charge in [-0.1, -0.05) is 6.42 Å². The summed E-state index contributed by atoms with van der Waals surface area (Å²) in [7, 11) is 0. The van der Waals surface area contributed by atoms with Gasteiger partial charge in [-0.15, -0.1) is 23.7 Å². The number of hydrogen-bond donors (Lipinski definition) is 2. The normalized spacial score (nSPS) is 22.4. The summed E-state index contributed by atoms with van der Waals surface area (Å²) in [5.74, 6) is 0. The van der Waals surface area contributed by atoms with Crippen LogP contribution in [0.4, 0.5) is 0 Å². The Bertz CT molecular complexity index is 273. The van der Waals surface area contributed by atoms with E-state index >= 15 is 0 Å². The zero-order chi connectivity index (χ0) is 10.5. The third-order valence-corrected chi connectivity index (χ3v) is 3.86. The summed E-state index contributed by atoms with van der Waals surface area (Å²) in [5.41, 5.74) is 0. The molecule has 2 heterocycles. The number of piperidine rings is 1. The third kappa shape index (κ3) is 4.01. The smallest absolute Gasteiger partial charge is 0.109 e. The van der Waals surface area contributed by atoms with Gasteiger partial charge in [0.1, 0.15) is 5.01 Å². The van der Waals surface area contributed by atoms with Gasteiger partial charge in [0.15, 0.2) is 0 Å². The molecule has 0 bridgehead atoms. The Kier molecular flexibility index (Phi) is 6.28. The van der Waals surface area contributed by atoms with E-state index in [1.54, 1.807) is 11.3 Å². The Labute approximate surface area is 107 Å². The zero-order valence-electron chi connectivity index (χ0n) is 9.61. The van der Waals surface area contributed by atoms with Crippen LogP contribution in [0.2, 0.25) is 0 Å². The second-order valence-corrected chi connectivity index (χ2v) is 5.07. The number of rotatable bonds is 4. The SMILES string of the molecule is CC(NCC1CCCCN1)c1nccs1.Cl. The second kappa shape index (κ2) is 7.22. The first-order chi connectivity index (χ1) is 7.36. The van der Waals surface area contributed by atoms with Crippen LogP contribution in [-0.2, 0) is 0 Å². The van der Waals surface area contributed by atoms with E-state index in [1.165, 1.54) is 30.8 Å². The number of hydrogen-bond acceptors (Lipinski definition) is 4. The van der Waals surface area contributed by atoms with Gasteiger partial charge in [0.25, 0.3) is 0 Å². The van der Waals surface area contributed by atoms with E-state index < -0.39 is 0 Å². The number of aromatic nitrogens is 1. The fraction of sp³-hybridized carbons (Fsp3) is 0.727. The Morgan fingerprint density at radius 1 is 1.62 bits per heavy atom. The van der Waals surface area contributed by atoms with E-state index in [0.717, 1.165) is 6.54 Å². The molecule has 3 nitrogen and oxygen atoms in total. The van der Waals surface area contributed by atoms with Crippen LogP contribution in [0.15, 0.2) is 11.6 Å². The molecule has 1 aliphatic rings. The molecule has 2 rings (SSSR count). The van der Waals surface area contributed by atoms with Crippen molar-refractivity contribution in [3.8, 4) is 0 Å². The standard InChI is InChI=1S/C11H19N3S.ClH/c1-9(11-13-6-7-15-11)14-8-10-4-2-3-5-12-10;/h6-7,9-10,12,14H,2-5,8H2,1H3;1H. The van der Waals surface area contributed by atoms with Crippen molar-refractivity contribution in [3.05, 3.63) is 16.6 Å². The molecule has 1 aromatic rings. The quantitative estimate of drug-likeness (QED) is 0.874. The monoisotopic (exact) mass is 261 g/mol. The Morgan fingerprint density at radius 2 is 2.50 bits per heavy atom. The molecule has 0 radical (unpaired) electrons. The first-order valence-corrected chi connectivity index (χ1v) is 6.60. The summed E-state index contributed by atoms with van der Waals surface area (Å²) in [6.45, 7) is 4.42. The van der Waals surface area contributed by atoms with Crippen molar-refractivity contribution in [3.63, 3.8) is 0 Å². The predicted octanol–water partition coefficient (Wildman–Crippen LogP) is 2.36. The van der Waals surface area contributed by atoms with Crippen molar-refractivity contribution < 1.29 is 0 Å². The lowest BCUT2D eigenvalue weighted by Gasteiger charge is -2.25. The molecule has 2 atom stereocenters. The van der Waals surface area contributed by atoms with Crippen LogP contribution in [0.1, 0.15) is 37.2 Å². The number of nitrogens with zero attached hydrogens (tertiary/aromatic N) is 1. The van der Waals surface area contributed by atoms with Crippen molar-refractivity contribution >= 4 is 23.7 Å². The lowest BCUT2D eigenvalue weighted by atomic mass is 10.1. The Balaban J connectivity index is 0.00000128. The van der Waals surface area contributed by atoms with E-state index in [9.17, 15) is 0 Å². The minimum atomic E-state index is 0. The molecule has 0 spiro atoms. The Morgan fingerprint density at radius 3 is 3.12 bits per heavy atom. The predicted molar refractivity (Wildman–Crippen MR) is 71.4 cm³/mol. The van der Waals surface area contributed by atoms with Crippen molar-refractivity contribution in [2.24, 2.45) is 0 Å². The van der Waals surface area contributed by atoms with Crippen molar-refractivity contribution in [2.45, 2.75) is 38.3 Å². The van der Waals surface area contributed by atoms with Crippen LogP contribution in [0.5, 0.6) is 0 Å². The van der Waals surface area contributed by atoms with Crippen LogP contribution < -0.4 is 10.6 Å². The van der Waals surface area contributed by atoms with Gasteiger partial charge in [0.2, 0.25) is 0 Å². The molecule has 2 unspecified atom stereocenters. The van der Waals surface area contributed by atoms with Gasteiger partial charge in [0.05, 0.1) is 6.04 Å². The van der Waals surface area contributed by atoms with Gasteiger partial charge in [-0.05, 0) is 26.3 Å². The van der Waals surface area contributed by atoms with Crippen molar-refractivity contribution in [1.82, 2.24) is 15.6 Å². The molecule has 1 aromatic heterocycles. The molecule has 1 saturated heterocycles. The van der Waals surface area contributed by atoms with Crippen LogP contribution >= 0.6 is 23.7 Å². The molecule has 1 fully saturated rings. The molecular formula is C11H20ClN3S. The maximum atomic E-state index is 4.32. The van der Waals surface area contributed by atoms with Crippen molar-refractivity contribution in [2.75, 3.05) is 13.1 Å². The molecule has 5 heteroatoms. The van der Waals surface area contributed by atoms with Crippen molar-refractivity contribution in [1.29, 1.82) is 0 Å². The van der Waals surface area contributed by atoms with Gasteiger partial charge in [0, 0.05) is 24.2 Å².